The average Bonchev–Trinajstić information content (AvgIpc) is 2.68. The Hall–Kier alpha value is -2.04. The van der Waals surface area contributed by atoms with Crippen molar-refractivity contribution in [3.05, 3.63) is 58.7 Å². The molecule has 0 spiro atoms. The van der Waals surface area contributed by atoms with Crippen molar-refractivity contribution in [2.75, 3.05) is 45.3 Å². The smallest absolute Gasteiger partial charge is 0.139 e. The van der Waals surface area contributed by atoms with E-state index in [-0.39, 0.29) is 16.9 Å². The van der Waals surface area contributed by atoms with E-state index in [9.17, 15) is 5.11 Å². The van der Waals surface area contributed by atoms with Crippen molar-refractivity contribution in [1.82, 2.24) is 0 Å². The summed E-state index contributed by atoms with van der Waals surface area (Å²) < 4.78 is 5.68. The van der Waals surface area contributed by atoms with Crippen molar-refractivity contribution < 1.29 is 14.7 Å². The van der Waals surface area contributed by atoms with Gasteiger partial charge in [0, 0.05) is 42.0 Å². The number of anilines is 1. The quantitative estimate of drug-likeness (QED) is 0.776. The lowest BCUT2D eigenvalue weighted by Gasteiger charge is -2.35. The molecule has 0 bridgehead atoms. The van der Waals surface area contributed by atoms with Crippen molar-refractivity contribution in [3.8, 4) is 5.75 Å². The lowest BCUT2D eigenvalue weighted by Crippen LogP contribution is -3.14. The Morgan fingerprint density at radius 1 is 0.839 bits per heavy atom. The normalized spacial score (nSPS) is 16.9. The highest BCUT2D eigenvalue weighted by molar-refractivity contribution is 5.52. The molecule has 170 valence electrons. The molecule has 1 saturated heterocycles. The number of nitrogens with one attached hydrogen (secondary N) is 1. The van der Waals surface area contributed by atoms with E-state index in [1.54, 1.807) is 0 Å². The summed E-state index contributed by atoms with van der Waals surface area (Å²) in [6.07, 6.45) is 0. The van der Waals surface area contributed by atoms with Crippen LogP contribution in [-0.2, 0) is 15.6 Å². The van der Waals surface area contributed by atoms with Gasteiger partial charge in [-0.25, -0.2) is 0 Å². The summed E-state index contributed by atoms with van der Waals surface area (Å²) in [7, 11) is 4.15. The molecule has 4 nitrogen and oxygen atoms in total. The van der Waals surface area contributed by atoms with Gasteiger partial charge in [0.05, 0.1) is 13.2 Å². The molecule has 2 aromatic carbocycles. The Kier molecular flexibility index (Phi) is 6.73. The number of quaternary nitrogens is 1. The van der Waals surface area contributed by atoms with Crippen LogP contribution in [0.5, 0.6) is 5.75 Å². The molecule has 31 heavy (non-hydrogen) atoms. The Balaban J connectivity index is 2.20. The molecule has 1 fully saturated rings. The van der Waals surface area contributed by atoms with Crippen LogP contribution in [0.4, 0.5) is 5.69 Å². The molecule has 2 N–H and O–H groups in total. The van der Waals surface area contributed by atoms with Crippen molar-refractivity contribution in [2.45, 2.75) is 58.4 Å². The summed E-state index contributed by atoms with van der Waals surface area (Å²) in [5, 5.41) is 11.2. The summed E-state index contributed by atoms with van der Waals surface area (Å²) in [6.45, 7) is 16.6. The highest BCUT2D eigenvalue weighted by atomic mass is 16.5. The fourth-order valence-electron chi connectivity index (χ4n) is 4.52. The molecular weight excluding hydrogens is 384 g/mol. The number of aromatic hydroxyl groups is 1. The average molecular weight is 426 g/mol. The van der Waals surface area contributed by atoms with Crippen LogP contribution in [-0.4, -0.2) is 45.5 Å². The largest absolute Gasteiger partial charge is 0.507 e. The summed E-state index contributed by atoms with van der Waals surface area (Å²) >= 11 is 0. The van der Waals surface area contributed by atoms with Crippen molar-refractivity contribution in [1.29, 1.82) is 0 Å². The Morgan fingerprint density at radius 2 is 1.32 bits per heavy atom. The first-order valence-corrected chi connectivity index (χ1v) is 11.5. The molecule has 3 rings (SSSR count). The van der Waals surface area contributed by atoms with Gasteiger partial charge in [0.25, 0.3) is 0 Å². The van der Waals surface area contributed by atoms with Gasteiger partial charge < -0.3 is 19.6 Å². The second kappa shape index (κ2) is 8.84. The van der Waals surface area contributed by atoms with Crippen molar-refractivity contribution >= 4 is 5.69 Å². The van der Waals surface area contributed by atoms with E-state index in [2.05, 4.69) is 96.9 Å². The lowest BCUT2D eigenvalue weighted by atomic mass is 9.77. The molecule has 0 unspecified atom stereocenters. The number of rotatable bonds is 4. The zero-order valence-corrected chi connectivity index (χ0v) is 20.7. The monoisotopic (exact) mass is 425 g/mol. The minimum atomic E-state index is -0.139. The molecule has 0 radical (unpaired) electrons. The van der Waals surface area contributed by atoms with Gasteiger partial charge in [0.15, 0.2) is 0 Å². The molecule has 1 atom stereocenters. The van der Waals surface area contributed by atoms with Crippen LogP contribution >= 0.6 is 0 Å². The van der Waals surface area contributed by atoms with E-state index in [1.807, 2.05) is 0 Å². The molecule has 0 amide bonds. The number of phenolic OH excluding ortho intramolecular Hbond substituents is 1. The number of morpholine rings is 1. The first-order chi connectivity index (χ1) is 14.4. The predicted molar refractivity (Wildman–Crippen MR) is 130 cm³/mol. The van der Waals surface area contributed by atoms with Crippen LogP contribution in [0, 0.1) is 0 Å². The number of benzene rings is 2. The van der Waals surface area contributed by atoms with Crippen LogP contribution in [0.25, 0.3) is 0 Å². The third-order valence-corrected chi connectivity index (χ3v) is 6.37. The van der Waals surface area contributed by atoms with Gasteiger partial charge in [-0.15, -0.1) is 0 Å². The van der Waals surface area contributed by atoms with Crippen LogP contribution < -0.4 is 9.80 Å². The standard InChI is InChI=1S/C27H40N2O2/c1-26(2,3)22-17-20(18-23(25(22)30)27(4,5)6)24(29-13-15-31-16-14-29)19-9-11-21(12-10-19)28(7)8/h9-12,17-18,24,30H,13-16H2,1-8H3/p+1/t24-/m0/s1. The fourth-order valence-corrected chi connectivity index (χ4v) is 4.52. The van der Waals surface area contributed by atoms with E-state index in [4.69, 9.17) is 4.74 Å². The SMILES string of the molecule is CN(C)c1ccc([C@@H](c2cc(C(C)(C)C)c(O)c(C(C)(C)C)c2)[NH+]2CCOCC2)cc1. The second-order valence-electron chi connectivity index (χ2n) is 11.2. The van der Waals surface area contributed by atoms with Crippen LogP contribution in [0.1, 0.15) is 69.8 Å². The molecule has 0 aromatic heterocycles. The second-order valence-corrected chi connectivity index (χ2v) is 11.2. The topological polar surface area (TPSA) is 37.1 Å². The minimum Gasteiger partial charge on any atom is -0.507 e. The predicted octanol–water partition coefficient (Wildman–Crippen LogP) is 4.06. The summed E-state index contributed by atoms with van der Waals surface area (Å²) in [4.78, 5) is 3.66. The lowest BCUT2D eigenvalue weighted by molar-refractivity contribution is -0.933. The van der Waals surface area contributed by atoms with Gasteiger partial charge in [-0.3, -0.25) is 0 Å². The fraction of sp³-hybridized carbons (Fsp3) is 0.556. The molecule has 0 aliphatic carbocycles. The van der Waals surface area contributed by atoms with Crippen molar-refractivity contribution in [3.63, 3.8) is 0 Å². The van der Waals surface area contributed by atoms with E-state index >= 15 is 0 Å². The third kappa shape index (κ3) is 5.24. The van der Waals surface area contributed by atoms with E-state index < -0.39 is 0 Å². The highest BCUT2D eigenvalue weighted by Gasteiger charge is 2.33. The minimum absolute atomic E-state index is 0.139. The highest BCUT2D eigenvalue weighted by Crippen LogP contribution is 2.41. The summed E-state index contributed by atoms with van der Waals surface area (Å²) in [5.41, 5.74) is 5.57. The van der Waals surface area contributed by atoms with Gasteiger partial charge in [-0.1, -0.05) is 53.7 Å². The number of ether oxygens (including phenoxy) is 1. The van der Waals surface area contributed by atoms with Gasteiger partial charge in [-0.05, 0) is 35.1 Å². The molecular formula is C27H41N2O2+. The maximum Gasteiger partial charge on any atom is 0.139 e. The van der Waals surface area contributed by atoms with Gasteiger partial charge in [-0.2, -0.15) is 0 Å². The molecule has 1 aliphatic rings. The maximum absolute atomic E-state index is 11.2. The molecule has 1 heterocycles. The van der Waals surface area contributed by atoms with E-state index in [0.717, 1.165) is 37.4 Å². The Bertz CT molecular complexity index is 848. The van der Waals surface area contributed by atoms with Gasteiger partial charge in [0.1, 0.15) is 24.9 Å². The molecule has 2 aromatic rings. The van der Waals surface area contributed by atoms with Crippen LogP contribution in [0.15, 0.2) is 36.4 Å². The first-order valence-electron chi connectivity index (χ1n) is 11.5. The number of hydrogen-bond donors (Lipinski definition) is 2. The van der Waals surface area contributed by atoms with Gasteiger partial charge >= 0.3 is 0 Å². The van der Waals surface area contributed by atoms with Crippen LogP contribution in [0.3, 0.4) is 0 Å². The first kappa shape index (κ1) is 23.6. The van der Waals surface area contributed by atoms with Gasteiger partial charge in [0.2, 0.25) is 0 Å². The molecule has 1 aliphatic heterocycles. The summed E-state index contributed by atoms with van der Waals surface area (Å²) in [6, 6.07) is 13.7. The Morgan fingerprint density at radius 3 is 1.74 bits per heavy atom. The third-order valence-electron chi connectivity index (χ3n) is 6.37. The zero-order valence-electron chi connectivity index (χ0n) is 20.7. The maximum atomic E-state index is 11.2. The van der Waals surface area contributed by atoms with E-state index in [0.29, 0.717) is 5.75 Å². The van der Waals surface area contributed by atoms with Crippen molar-refractivity contribution in [2.24, 2.45) is 0 Å². The van der Waals surface area contributed by atoms with E-state index in [1.165, 1.54) is 21.7 Å². The number of hydrogen-bond acceptors (Lipinski definition) is 3. The Labute approximate surface area is 188 Å². The zero-order chi connectivity index (χ0) is 23.0. The summed E-state index contributed by atoms with van der Waals surface area (Å²) in [5.74, 6) is 0.447. The number of phenols is 1. The van der Waals surface area contributed by atoms with Crippen LogP contribution in [0.2, 0.25) is 0 Å². The molecule has 4 heteroatoms. The number of nitrogens with zero attached hydrogens (tertiary/aromatic N) is 1. The molecule has 0 saturated carbocycles.